The van der Waals surface area contributed by atoms with E-state index in [4.69, 9.17) is 5.11 Å². The van der Waals surface area contributed by atoms with Crippen LogP contribution in [0.3, 0.4) is 0 Å². The Morgan fingerprint density at radius 1 is 1.25 bits per heavy atom. The highest BCUT2D eigenvalue weighted by Gasteiger charge is 2.17. The smallest absolute Gasteiger partial charge is 0.338 e. The molecular weight excluding hydrogens is 266 g/mol. The van der Waals surface area contributed by atoms with E-state index >= 15 is 0 Å². The highest BCUT2D eigenvalue weighted by atomic mass is 19.2. The highest BCUT2D eigenvalue weighted by Crippen LogP contribution is 2.20. The number of rotatable bonds is 8. The molecule has 2 N–H and O–H groups in total. The van der Waals surface area contributed by atoms with Crippen LogP contribution in [0.15, 0.2) is 12.1 Å². The SMILES string of the molecule is CCCN(CC)CCNc1ccc(C(=O)O)c(F)c1F. The fraction of sp³-hybridized carbons (Fsp3) is 0.500. The molecule has 0 heterocycles. The Kier molecular flexibility index (Phi) is 6.38. The molecule has 0 spiro atoms. The van der Waals surface area contributed by atoms with Gasteiger partial charge in [-0.25, -0.2) is 13.6 Å². The Labute approximate surface area is 117 Å². The zero-order valence-corrected chi connectivity index (χ0v) is 11.7. The summed E-state index contributed by atoms with van der Waals surface area (Å²) < 4.78 is 27.1. The van der Waals surface area contributed by atoms with Gasteiger partial charge >= 0.3 is 5.97 Å². The van der Waals surface area contributed by atoms with Gasteiger partial charge in [-0.2, -0.15) is 0 Å². The van der Waals surface area contributed by atoms with Crippen LogP contribution in [0, 0.1) is 11.6 Å². The van der Waals surface area contributed by atoms with Crippen molar-refractivity contribution in [3.63, 3.8) is 0 Å². The quantitative estimate of drug-likeness (QED) is 0.771. The normalized spacial score (nSPS) is 10.8. The lowest BCUT2D eigenvalue weighted by Crippen LogP contribution is -2.29. The van der Waals surface area contributed by atoms with Gasteiger partial charge in [0.15, 0.2) is 11.6 Å². The van der Waals surface area contributed by atoms with Crippen molar-refractivity contribution < 1.29 is 18.7 Å². The highest BCUT2D eigenvalue weighted by molar-refractivity contribution is 5.88. The van der Waals surface area contributed by atoms with Gasteiger partial charge in [-0.15, -0.1) is 0 Å². The van der Waals surface area contributed by atoms with Crippen molar-refractivity contribution in [3.05, 3.63) is 29.3 Å². The Balaban J connectivity index is 2.65. The molecule has 0 radical (unpaired) electrons. The molecule has 20 heavy (non-hydrogen) atoms. The standard InChI is InChI=1S/C14H20F2N2O2/c1-3-8-18(4-2)9-7-17-11-6-5-10(14(19)20)12(15)13(11)16/h5-6,17H,3-4,7-9H2,1-2H3,(H,19,20). The van der Waals surface area contributed by atoms with Crippen molar-refractivity contribution in [2.45, 2.75) is 20.3 Å². The fourth-order valence-corrected chi connectivity index (χ4v) is 1.94. The average Bonchev–Trinajstić information content (AvgIpc) is 2.42. The average molecular weight is 286 g/mol. The van der Waals surface area contributed by atoms with Gasteiger partial charge in [-0.3, -0.25) is 0 Å². The third-order valence-corrected chi connectivity index (χ3v) is 3.04. The predicted molar refractivity (Wildman–Crippen MR) is 74.2 cm³/mol. The summed E-state index contributed by atoms with van der Waals surface area (Å²) in [4.78, 5) is 12.9. The zero-order valence-electron chi connectivity index (χ0n) is 11.7. The number of anilines is 1. The second-order valence-electron chi connectivity index (χ2n) is 4.45. The minimum Gasteiger partial charge on any atom is -0.478 e. The maximum atomic E-state index is 13.7. The molecule has 0 aliphatic carbocycles. The molecule has 6 heteroatoms. The minimum atomic E-state index is -1.48. The molecule has 112 valence electrons. The van der Waals surface area contributed by atoms with Gasteiger partial charge in [0.2, 0.25) is 0 Å². The van der Waals surface area contributed by atoms with E-state index in [1.807, 2.05) is 6.92 Å². The van der Waals surface area contributed by atoms with Crippen LogP contribution in [0.2, 0.25) is 0 Å². The summed E-state index contributed by atoms with van der Waals surface area (Å²) in [6.45, 7) is 7.15. The number of nitrogens with zero attached hydrogens (tertiary/aromatic N) is 1. The number of nitrogens with one attached hydrogen (secondary N) is 1. The van der Waals surface area contributed by atoms with E-state index in [9.17, 15) is 13.6 Å². The van der Waals surface area contributed by atoms with Gasteiger partial charge in [-0.1, -0.05) is 13.8 Å². The third kappa shape index (κ3) is 4.16. The van der Waals surface area contributed by atoms with E-state index in [0.29, 0.717) is 13.1 Å². The summed E-state index contributed by atoms with van der Waals surface area (Å²) in [6.07, 6.45) is 1.03. The molecular formula is C14H20F2N2O2. The van der Waals surface area contributed by atoms with Crippen LogP contribution in [0.5, 0.6) is 0 Å². The summed E-state index contributed by atoms with van der Waals surface area (Å²) in [5.41, 5.74) is -0.672. The maximum absolute atomic E-state index is 13.7. The molecule has 4 nitrogen and oxygen atoms in total. The van der Waals surface area contributed by atoms with Crippen LogP contribution >= 0.6 is 0 Å². The first-order chi connectivity index (χ1) is 9.51. The summed E-state index contributed by atoms with van der Waals surface area (Å²) in [6, 6.07) is 2.31. The van der Waals surface area contributed by atoms with E-state index < -0.39 is 23.2 Å². The van der Waals surface area contributed by atoms with Gasteiger partial charge in [0.1, 0.15) is 0 Å². The number of aromatic carboxylic acids is 1. The van der Waals surface area contributed by atoms with Crippen molar-refractivity contribution in [2.75, 3.05) is 31.5 Å². The number of hydrogen-bond donors (Lipinski definition) is 2. The van der Waals surface area contributed by atoms with Crippen molar-refractivity contribution in [1.82, 2.24) is 4.90 Å². The number of carbonyl (C=O) groups is 1. The van der Waals surface area contributed by atoms with Crippen molar-refractivity contribution in [3.8, 4) is 0 Å². The first kappa shape index (κ1) is 16.4. The van der Waals surface area contributed by atoms with E-state index in [1.54, 1.807) is 0 Å². The Morgan fingerprint density at radius 2 is 1.95 bits per heavy atom. The van der Waals surface area contributed by atoms with Crippen LogP contribution in [0.1, 0.15) is 30.6 Å². The van der Waals surface area contributed by atoms with E-state index in [-0.39, 0.29) is 5.69 Å². The Morgan fingerprint density at radius 3 is 2.50 bits per heavy atom. The molecule has 1 aromatic carbocycles. The topological polar surface area (TPSA) is 52.6 Å². The molecule has 0 aliphatic heterocycles. The summed E-state index contributed by atoms with van der Waals surface area (Å²) in [5.74, 6) is -3.96. The van der Waals surface area contributed by atoms with Gasteiger partial charge in [0, 0.05) is 13.1 Å². The van der Waals surface area contributed by atoms with E-state index in [1.165, 1.54) is 6.07 Å². The number of hydrogen-bond acceptors (Lipinski definition) is 3. The Bertz CT molecular complexity index is 467. The third-order valence-electron chi connectivity index (χ3n) is 3.04. The van der Waals surface area contributed by atoms with Crippen LogP contribution in [0.4, 0.5) is 14.5 Å². The van der Waals surface area contributed by atoms with Crippen LogP contribution in [0.25, 0.3) is 0 Å². The van der Waals surface area contributed by atoms with Crippen molar-refractivity contribution in [1.29, 1.82) is 0 Å². The number of carboxylic acid groups (broad SMARTS) is 1. The predicted octanol–water partition coefficient (Wildman–Crippen LogP) is 2.81. The number of likely N-dealkylation sites (N-methyl/N-ethyl adjacent to an activating group) is 1. The molecule has 0 aliphatic rings. The minimum absolute atomic E-state index is 0.0138. The molecule has 0 bridgehead atoms. The number of carboxylic acids is 1. The molecule has 0 saturated heterocycles. The van der Waals surface area contributed by atoms with E-state index in [0.717, 1.165) is 25.6 Å². The molecule has 0 aromatic heterocycles. The van der Waals surface area contributed by atoms with Crippen LogP contribution in [-0.2, 0) is 0 Å². The maximum Gasteiger partial charge on any atom is 0.338 e. The van der Waals surface area contributed by atoms with Gasteiger partial charge in [0.05, 0.1) is 11.3 Å². The lowest BCUT2D eigenvalue weighted by molar-refractivity contribution is 0.0690. The molecule has 0 saturated carbocycles. The summed E-state index contributed by atoms with van der Waals surface area (Å²) in [7, 11) is 0. The molecule has 0 fully saturated rings. The first-order valence-corrected chi connectivity index (χ1v) is 6.68. The van der Waals surface area contributed by atoms with Gasteiger partial charge < -0.3 is 15.3 Å². The van der Waals surface area contributed by atoms with Gasteiger partial charge in [-0.05, 0) is 31.6 Å². The first-order valence-electron chi connectivity index (χ1n) is 6.68. The van der Waals surface area contributed by atoms with Gasteiger partial charge in [0.25, 0.3) is 0 Å². The largest absolute Gasteiger partial charge is 0.478 e. The van der Waals surface area contributed by atoms with Crippen LogP contribution in [-0.4, -0.2) is 42.2 Å². The lowest BCUT2D eigenvalue weighted by Gasteiger charge is -2.20. The van der Waals surface area contributed by atoms with Crippen molar-refractivity contribution in [2.24, 2.45) is 0 Å². The molecule has 0 amide bonds. The van der Waals surface area contributed by atoms with Crippen molar-refractivity contribution >= 4 is 11.7 Å². The van der Waals surface area contributed by atoms with Crippen LogP contribution < -0.4 is 5.32 Å². The fourth-order valence-electron chi connectivity index (χ4n) is 1.94. The molecule has 0 atom stereocenters. The number of halogens is 2. The molecule has 1 rings (SSSR count). The zero-order chi connectivity index (χ0) is 15.1. The second-order valence-corrected chi connectivity index (χ2v) is 4.45. The summed E-state index contributed by atoms with van der Waals surface area (Å²) in [5, 5.41) is 11.5. The monoisotopic (exact) mass is 286 g/mol. The summed E-state index contributed by atoms with van der Waals surface area (Å²) >= 11 is 0. The second kappa shape index (κ2) is 7.79. The van der Waals surface area contributed by atoms with E-state index in [2.05, 4.69) is 17.1 Å². The number of benzene rings is 1. The Hall–Kier alpha value is -1.69. The molecule has 1 aromatic rings. The molecule has 0 unspecified atom stereocenters. The lowest BCUT2D eigenvalue weighted by atomic mass is 10.2.